The Balaban J connectivity index is 2.46. The number of benzene rings is 1. The molecule has 0 aliphatic carbocycles. The first kappa shape index (κ1) is 12.7. The van der Waals surface area contributed by atoms with Crippen LogP contribution in [0.3, 0.4) is 0 Å². The molecule has 88 valence electrons. The fraction of sp³-hybridized carbons (Fsp3) is 0.462. The average Bonchev–Trinajstić information content (AvgIpc) is 2.28. The molecule has 1 aromatic rings. The van der Waals surface area contributed by atoms with Gasteiger partial charge < -0.3 is 9.47 Å². The van der Waals surface area contributed by atoms with Crippen LogP contribution in [0.1, 0.15) is 19.4 Å². The lowest BCUT2D eigenvalue weighted by atomic mass is 10.1. The zero-order chi connectivity index (χ0) is 12.0. The second-order valence-corrected chi connectivity index (χ2v) is 3.99. The van der Waals surface area contributed by atoms with E-state index in [2.05, 4.69) is 0 Å². The minimum atomic E-state index is -0.483. The molecule has 0 saturated heterocycles. The summed E-state index contributed by atoms with van der Waals surface area (Å²) in [4.78, 5) is 11.6. The van der Waals surface area contributed by atoms with Crippen molar-refractivity contribution in [2.45, 2.75) is 26.6 Å². The molecule has 0 aliphatic heterocycles. The lowest BCUT2D eigenvalue weighted by Crippen LogP contribution is -2.30. The van der Waals surface area contributed by atoms with E-state index in [1.807, 2.05) is 44.2 Å². The summed E-state index contributed by atoms with van der Waals surface area (Å²) in [5.74, 6) is -0.186. The normalized spacial score (nSPS) is 12.5. The summed E-state index contributed by atoms with van der Waals surface area (Å²) in [6.45, 7) is 4.15. The summed E-state index contributed by atoms with van der Waals surface area (Å²) in [6.07, 6.45) is -0.483. The van der Waals surface area contributed by atoms with Gasteiger partial charge in [-0.1, -0.05) is 44.2 Å². The quantitative estimate of drug-likeness (QED) is 0.718. The highest BCUT2D eigenvalue weighted by Crippen LogP contribution is 2.09. The van der Waals surface area contributed by atoms with Crippen LogP contribution in [-0.4, -0.2) is 19.2 Å². The summed E-state index contributed by atoms with van der Waals surface area (Å²) < 4.78 is 10.3. The van der Waals surface area contributed by atoms with Gasteiger partial charge in [-0.25, -0.2) is 4.79 Å². The van der Waals surface area contributed by atoms with Gasteiger partial charge in [0.1, 0.15) is 6.61 Å². The molecule has 1 rings (SSSR count). The molecule has 0 heterocycles. The number of esters is 1. The van der Waals surface area contributed by atoms with Crippen LogP contribution >= 0.6 is 0 Å². The summed E-state index contributed by atoms with van der Waals surface area (Å²) in [6, 6.07) is 9.60. The molecule has 1 atom stereocenters. The number of rotatable bonds is 5. The maximum atomic E-state index is 11.6. The van der Waals surface area contributed by atoms with Gasteiger partial charge in [-0.15, -0.1) is 0 Å². The van der Waals surface area contributed by atoms with Crippen molar-refractivity contribution in [2.24, 2.45) is 5.92 Å². The lowest BCUT2D eigenvalue weighted by molar-refractivity contribution is -0.159. The SMILES string of the molecule is CO[C@H](C(=O)OCc1ccccc1)C(C)C. The van der Waals surface area contributed by atoms with Crippen LogP contribution in [0.5, 0.6) is 0 Å². The maximum absolute atomic E-state index is 11.6. The predicted octanol–water partition coefficient (Wildman–Crippen LogP) is 2.40. The van der Waals surface area contributed by atoms with Gasteiger partial charge in [-0.05, 0) is 11.5 Å². The Morgan fingerprint density at radius 1 is 1.25 bits per heavy atom. The lowest BCUT2D eigenvalue weighted by Gasteiger charge is -2.17. The van der Waals surface area contributed by atoms with Crippen molar-refractivity contribution in [1.29, 1.82) is 0 Å². The van der Waals surface area contributed by atoms with Gasteiger partial charge in [0, 0.05) is 7.11 Å². The Morgan fingerprint density at radius 3 is 2.38 bits per heavy atom. The molecule has 0 fully saturated rings. The minimum absolute atomic E-state index is 0.119. The number of hydrogen-bond acceptors (Lipinski definition) is 3. The summed E-state index contributed by atoms with van der Waals surface area (Å²) in [7, 11) is 1.52. The first-order chi connectivity index (χ1) is 7.65. The Labute approximate surface area is 96.4 Å². The van der Waals surface area contributed by atoms with E-state index >= 15 is 0 Å². The molecule has 1 aromatic carbocycles. The number of ether oxygens (including phenoxy) is 2. The van der Waals surface area contributed by atoms with Gasteiger partial charge in [-0.2, -0.15) is 0 Å². The van der Waals surface area contributed by atoms with Crippen LogP contribution in [0.25, 0.3) is 0 Å². The average molecular weight is 222 g/mol. The molecule has 0 saturated carbocycles. The fourth-order valence-corrected chi connectivity index (χ4v) is 1.45. The monoisotopic (exact) mass is 222 g/mol. The topological polar surface area (TPSA) is 35.5 Å². The van der Waals surface area contributed by atoms with Crippen LogP contribution in [-0.2, 0) is 20.9 Å². The van der Waals surface area contributed by atoms with E-state index in [4.69, 9.17) is 9.47 Å². The van der Waals surface area contributed by atoms with Crippen molar-refractivity contribution in [1.82, 2.24) is 0 Å². The summed E-state index contributed by atoms with van der Waals surface area (Å²) >= 11 is 0. The summed E-state index contributed by atoms with van der Waals surface area (Å²) in [5, 5.41) is 0. The highest BCUT2D eigenvalue weighted by atomic mass is 16.6. The van der Waals surface area contributed by atoms with Gasteiger partial charge in [0.15, 0.2) is 6.10 Å². The Bertz CT molecular complexity index is 319. The predicted molar refractivity (Wildman–Crippen MR) is 61.9 cm³/mol. The van der Waals surface area contributed by atoms with Crippen molar-refractivity contribution in [2.75, 3.05) is 7.11 Å². The molecule has 0 amide bonds. The third kappa shape index (κ3) is 3.66. The highest BCUT2D eigenvalue weighted by molar-refractivity contribution is 5.74. The zero-order valence-corrected chi connectivity index (χ0v) is 9.97. The van der Waals surface area contributed by atoms with Crippen molar-refractivity contribution in [3.05, 3.63) is 35.9 Å². The van der Waals surface area contributed by atoms with E-state index < -0.39 is 6.10 Å². The van der Waals surface area contributed by atoms with E-state index in [1.54, 1.807) is 0 Å². The molecular weight excluding hydrogens is 204 g/mol. The van der Waals surface area contributed by atoms with Crippen LogP contribution < -0.4 is 0 Å². The minimum Gasteiger partial charge on any atom is -0.459 e. The van der Waals surface area contributed by atoms with E-state index in [0.29, 0.717) is 6.61 Å². The van der Waals surface area contributed by atoms with Crippen molar-refractivity contribution in [3.63, 3.8) is 0 Å². The van der Waals surface area contributed by atoms with Gasteiger partial charge in [-0.3, -0.25) is 0 Å². The van der Waals surface area contributed by atoms with Gasteiger partial charge in [0.2, 0.25) is 0 Å². The van der Waals surface area contributed by atoms with Gasteiger partial charge in [0.25, 0.3) is 0 Å². The van der Waals surface area contributed by atoms with Crippen LogP contribution in [0.2, 0.25) is 0 Å². The second kappa shape index (κ2) is 6.28. The van der Waals surface area contributed by atoms with Crippen LogP contribution in [0.15, 0.2) is 30.3 Å². The van der Waals surface area contributed by atoms with Crippen LogP contribution in [0.4, 0.5) is 0 Å². The molecule has 3 heteroatoms. The standard InChI is InChI=1S/C13H18O3/c1-10(2)12(15-3)13(14)16-9-11-7-5-4-6-8-11/h4-8,10,12H,9H2,1-3H3/t12-/m0/s1. The van der Waals surface area contributed by atoms with E-state index in [9.17, 15) is 4.79 Å². The number of methoxy groups -OCH3 is 1. The maximum Gasteiger partial charge on any atom is 0.335 e. The first-order valence-electron chi connectivity index (χ1n) is 5.38. The molecule has 0 spiro atoms. The van der Waals surface area contributed by atoms with Crippen LogP contribution in [0, 0.1) is 5.92 Å². The molecule has 0 aliphatic rings. The number of hydrogen-bond donors (Lipinski definition) is 0. The van der Waals surface area contributed by atoms with E-state index in [-0.39, 0.29) is 11.9 Å². The van der Waals surface area contributed by atoms with E-state index in [0.717, 1.165) is 5.56 Å². The van der Waals surface area contributed by atoms with Gasteiger partial charge >= 0.3 is 5.97 Å². The van der Waals surface area contributed by atoms with Crippen molar-refractivity contribution >= 4 is 5.97 Å². The number of carbonyl (C=O) groups excluding carboxylic acids is 1. The Kier molecular flexibility index (Phi) is 4.99. The van der Waals surface area contributed by atoms with Crippen molar-refractivity contribution < 1.29 is 14.3 Å². The molecule has 16 heavy (non-hydrogen) atoms. The molecule has 0 N–H and O–H groups in total. The first-order valence-corrected chi connectivity index (χ1v) is 5.38. The molecule has 0 bridgehead atoms. The second-order valence-electron chi connectivity index (χ2n) is 3.99. The molecular formula is C13H18O3. The fourth-order valence-electron chi connectivity index (χ4n) is 1.45. The third-order valence-corrected chi connectivity index (χ3v) is 2.32. The van der Waals surface area contributed by atoms with Gasteiger partial charge in [0.05, 0.1) is 0 Å². The number of carbonyl (C=O) groups is 1. The molecule has 0 radical (unpaired) electrons. The third-order valence-electron chi connectivity index (χ3n) is 2.32. The molecule has 3 nitrogen and oxygen atoms in total. The highest BCUT2D eigenvalue weighted by Gasteiger charge is 2.22. The summed E-state index contributed by atoms with van der Waals surface area (Å²) in [5.41, 5.74) is 0.981. The smallest absolute Gasteiger partial charge is 0.335 e. The van der Waals surface area contributed by atoms with E-state index in [1.165, 1.54) is 7.11 Å². The van der Waals surface area contributed by atoms with Crippen molar-refractivity contribution in [3.8, 4) is 0 Å². The molecule has 0 unspecified atom stereocenters. The largest absolute Gasteiger partial charge is 0.459 e. The Morgan fingerprint density at radius 2 is 1.88 bits per heavy atom. The zero-order valence-electron chi connectivity index (χ0n) is 9.97. The molecule has 0 aromatic heterocycles. The Hall–Kier alpha value is -1.35.